The maximum Gasteiger partial charge on any atom is 0.243 e. The van der Waals surface area contributed by atoms with Crippen molar-refractivity contribution in [1.82, 2.24) is 0 Å². The fraction of sp³-hybridized carbons (Fsp3) is 0.167. The molecule has 0 fully saturated rings. The largest absolute Gasteiger partial charge is 0.457 e. The van der Waals surface area contributed by atoms with Gasteiger partial charge in [-0.3, -0.25) is 9.59 Å². The lowest BCUT2D eigenvalue weighted by Gasteiger charge is -2.10. The summed E-state index contributed by atoms with van der Waals surface area (Å²) in [5.74, 6) is 1.29. The molecule has 3 aromatic rings. The number of anilines is 3. The van der Waals surface area contributed by atoms with Gasteiger partial charge < -0.3 is 20.7 Å². The van der Waals surface area contributed by atoms with Crippen LogP contribution in [0.5, 0.6) is 11.5 Å². The molecule has 3 rings (SSSR count). The van der Waals surface area contributed by atoms with Gasteiger partial charge in [-0.2, -0.15) is 0 Å². The van der Waals surface area contributed by atoms with Crippen LogP contribution in [0.25, 0.3) is 0 Å². The van der Waals surface area contributed by atoms with Crippen molar-refractivity contribution < 1.29 is 14.3 Å². The summed E-state index contributed by atoms with van der Waals surface area (Å²) in [4.78, 5) is 23.8. The highest BCUT2D eigenvalue weighted by atomic mass is 16.5. The van der Waals surface area contributed by atoms with Gasteiger partial charge in [-0.05, 0) is 67.1 Å². The number of rotatable bonds is 9. The van der Waals surface area contributed by atoms with Gasteiger partial charge >= 0.3 is 0 Å². The number of para-hydroxylation sites is 1. The molecule has 0 aliphatic rings. The number of hydrogen-bond donors (Lipinski definition) is 3. The van der Waals surface area contributed by atoms with Gasteiger partial charge in [0.1, 0.15) is 11.5 Å². The van der Waals surface area contributed by atoms with E-state index in [1.165, 1.54) is 0 Å². The molecule has 0 unspecified atom stereocenters. The van der Waals surface area contributed by atoms with Crippen molar-refractivity contribution in [3.63, 3.8) is 0 Å². The topological polar surface area (TPSA) is 79.5 Å². The van der Waals surface area contributed by atoms with Crippen molar-refractivity contribution in [2.45, 2.75) is 19.8 Å². The van der Waals surface area contributed by atoms with Crippen molar-refractivity contribution in [3.05, 3.63) is 78.9 Å². The van der Waals surface area contributed by atoms with Gasteiger partial charge in [0.2, 0.25) is 11.8 Å². The third-order valence-electron chi connectivity index (χ3n) is 4.22. The summed E-state index contributed by atoms with van der Waals surface area (Å²) in [5.41, 5.74) is 2.22. The van der Waals surface area contributed by atoms with Gasteiger partial charge in [0.25, 0.3) is 0 Å². The fourth-order valence-corrected chi connectivity index (χ4v) is 2.74. The molecule has 0 aliphatic carbocycles. The first-order valence-electron chi connectivity index (χ1n) is 9.89. The van der Waals surface area contributed by atoms with Gasteiger partial charge in [-0.25, -0.2) is 0 Å². The van der Waals surface area contributed by atoms with E-state index in [-0.39, 0.29) is 18.4 Å². The van der Waals surface area contributed by atoms with Gasteiger partial charge in [-0.15, -0.1) is 0 Å². The van der Waals surface area contributed by atoms with E-state index in [1.807, 2.05) is 61.5 Å². The maximum absolute atomic E-state index is 12.2. The Kier molecular flexibility index (Phi) is 7.44. The predicted octanol–water partition coefficient (Wildman–Crippen LogP) is 5.27. The monoisotopic (exact) mass is 403 g/mol. The molecule has 0 radical (unpaired) electrons. The third kappa shape index (κ3) is 6.67. The van der Waals surface area contributed by atoms with Gasteiger partial charge in [-0.1, -0.05) is 25.1 Å². The minimum Gasteiger partial charge on any atom is -0.457 e. The summed E-state index contributed by atoms with van der Waals surface area (Å²) in [7, 11) is 0. The number of carbonyl (C=O) groups is 2. The first-order chi connectivity index (χ1) is 14.6. The molecule has 0 bridgehead atoms. The molecule has 154 valence electrons. The van der Waals surface area contributed by atoms with Crippen LogP contribution in [0.15, 0.2) is 78.9 Å². The zero-order chi connectivity index (χ0) is 21.2. The second-order valence-corrected chi connectivity index (χ2v) is 6.72. The average molecular weight is 403 g/mol. The van der Waals surface area contributed by atoms with Crippen LogP contribution >= 0.6 is 0 Å². The minimum atomic E-state index is -0.160. The van der Waals surface area contributed by atoms with Crippen LogP contribution in [-0.2, 0) is 9.59 Å². The van der Waals surface area contributed by atoms with E-state index in [4.69, 9.17) is 4.74 Å². The minimum absolute atomic E-state index is 0.00206. The molecule has 0 heterocycles. The molecule has 0 saturated carbocycles. The van der Waals surface area contributed by atoms with Crippen LogP contribution in [-0.4, -0.2) is 18.4 Å². The van der Waals surface area contributed by atoms with Crippen LogP contribution < -0.4 is 20.7 Å². The van der Waals surface area contributed by atoms with E-state index in [0.717, 1.165) is 23.5 Å². The molecule has 0 aliphatic heterocycles. The Bertz CT molecular complexity index is 955. The highest BCUT2D eigenvalue weighted by Crippen LogP contribution is 2.22. The summed E-state index contributed by atoms with van der Waals surface area (Å²) in [6.07, 6.45) is 1.31. The van der Waals surface area contributed by atoms with Gasteiger partial charge in [0.15, 0.2) is 0 Å². The smallest absolute Gasteiger partial charge is 0.243 e. The molecular weight excluding hydrogens is 378 g/mol. The summed E-state index contributed by atoms with van der Waals surface area (Å²) in [5, 5.41) is 8.74. The Labute approximate surface area is 176 Å². The number of ether oxygens (including phenoxy) is 1. The van der Waals surface area contributed by atoms with E-state index >= 15 is 0 Å². The highest BCUT2D eigenvalue weighted by Gasteiger charge is 2.05. The lowest BCUT2D eigenvalue weighted by Crippen LogP contribution is -2.21. The van der Waals surface area contributed by atoms with Crippen LogP contribution in [0, 0.1) is 0 Å². The van der Waals surface area contributed by atoms with E-state index in [9.17, 15) is 9.59 Å². The summed E-state index contributed by atoms with van der Waals surface area (Å²) >= 11 is 0. The molecule has 0 atom stereocenters. The Hall–Kier alpha value is -3.80. The number of benzene rings is 3. The predicted molar refractivity (Wildman–Crippen MR) is 120 cm³/mol. The zero-order valence-electron chi connectivity index (χ0n) is 16.9. The normalized spacial score (nSPS) is 10.2. The first-order valence-corrected chi connectivity index (χ1v) is 9.89. The van der Waals surface area contributed by atoms with Crippen molar-refractivity contribution in [2.24, 2.45) is 0 Å². The number of hydrogen-bond acceptors (Lipinski definition) is 4. The number of carbonyl (C=O) groups excluding carboxylic acids is 2. The van der Waals surface area contributed by atoms with E-state index in [1.54, 1.807) is 24.3 Å². The van der Waals surface area contributed by atoms with Crippen LogP contribution in [0.3, 0.4) is 0 Å². The number of amides is 2. The molecule has 0 spiro atoms. The lowest BCUT2D eigenvalue weighted by molar-refractivity contribution is -0.116. The number of nitrogens with one attached hydrogen (secondary N) is 3. The SMILES string of the molecule is CCCC(=O)Nc1ccc(NCC(=O)Nc2ccc(Oc3ccccc3)cc2)cc1. The molecule has 3 N–H and O–H groups in total. The summed E-state index contributed by atoms with van der Waals surface area (Å²) < 4.78 is 5.74. The van der Waals surface area contributed by atoms with Crippen molar-refractivity contribution in [1.29, 1.82) is 0 Å². The van der Waals surface area contributed by atoms with Crippen molar-refractivity contribution in [2.75, 3.05) is 22.5 Å². The Morgan fingerprint density at radius 3 is 1.87 bits per heavy atom. The van der Waals surface area contributed by atoms with E-state index in [2.05, 4.69) is 16.0 Å². The Morgan fingerprint density at radius 1 is 0.700 bits per heavy atom. The van der Waals surface area contributed by atoms with Crippen LogP contribution in [0.4, 0.5) is 17.1 Å². The van der Waals surface area contributed by atoms with Crippen LogP contribution in [0.1, 0.15) is 19.8 Å². The molecule has 3 aromatic carbocycles. The van der Waals surface area contributed by atoms with Crippen molar-refractivity contribution >= 4 is 28.9 Å². The average Bonchev–Trinajstić information content (AvgIpc) is 2.75. The van der Waals surface area contributed by atoms with E-state index < -0.39 is 0 Å². The first kappa shape index (κ1) is 20.9. The summed E-state index contributed by atoms with van der Waals surface area (Å²) in [6.45, 7) is 2.09. The zero-order valence-corrected chi connectivity index (χ0v) is 16.9. The molecule has 30 heavy (non-hydrogen) atoms. The van der Waals surface area contributed by atoms with Crippen LogP contribution in [0.2, 0.25) is 0 Å². The van der Waals surface area contributed by atoms with E-state index in [0.29, 0.717) is 17.9 Å². The molecular formula is C24H25N3O3. The molecule has 6 heteroatoms. The molecule has 2 amide bonds. The fourth-order valence-electron chi connectivity index (χ4n) is 2.74. The third-order valence-corrected chi connectivity index (χ3v) is 4.22. The molecule has 0 saturated heterocycles. The Morgan fingerprint density at radius 2 is 1.23 bits per heavy atom. The highest BCUT2D eigenvalue weighted by molar-refractivity contribution is 5.94. The molecule has 0 aromatic heterocycles. The summed E-state index contributed by atoms with van der Waals surface area (Å²) in [6, 6.07) is 24.0. The standard InChI is InChI=1S/C24H25N3O3/c1-2-6-23(28)26-19-11-9-18(10-12-19)25-17-24(29)27-20-13-15-22(16-14-20)30-21-7-4-3-5-8-21/h3-5,7-16,25H,2,6,17H2,1H3,(H,26,28)(H,27,29). The Balaban J connectivity index is 1.44. The van der Waals surface area contributed by atoms with Crippen molar-refractivity contribution in [3.8, 4) is 11.5 Å². The quantitative estimate of drug-likeness (QED) is 0.455. The maximum atomic E-state index is 12.2. The lowest BCUT2D eigenvalue weighted by atomic mass is 10.2. The molecule has 6 nitrogen and oxygen atoms in total. The second kappa shape index (κ2) is 10.7. The second-order valence-electron chi connectivity index (χ2n) is 6.72. The van der Waals surface area contributed by atoms with Gasteiger partial charge in [0, 0.05) is 23.5 Å². The van der Waals surface area contributed by atoms with Gasteiger partial charge in [0.05, 0.1) is 6.54 Å².